The molecular formula is C13H20BrNO4S2. The molecule has 120 valence electrons. The predicted molar refractivity (Wildman–Crippen MR) is 87.3 cm³/mol. The van der Waals surface area contributed by atoms with Gasteiger partial charge in [0.05, 0.1) is 3.79 Å². The largest absolute Gasteiger partial charge is 0.477 e. The van der Waals surface area contributed by atoms with Gasteiger partial charge in [-0.3, -0.25) is 0 Å². The number of rotatable bonds is 7. The van der Waals surface area contributed by atoms with E-state index in [2.05, 4.69) is 48.3 Å². The quantitative estimate of drug-likeness (QED) is 0.737. The van der Waals surface area contributed by atoms with E-state index in [4.69, 9.17) is 5.11 Å². The molecule has 0 spiro atoms. The normalized spacial score (nSPS) is 12.6. The van der Waals surface area contributed by atoms with Gasteiger partial charge in [0.15, 0.2) is 0 Å². The molecule has 0 amide bonds. The first-order valence-corrected chi connectivity index (χ1v) is 9.67. The average Bonchev–Trinajstić information content (AvgIpc) is 2.71. The maximum absolute atomic E-state index is 12.3. The number of nitrogens with one attached hydrogen (secondary N) is 1. The molecule has 1 rings (SSSR count). The summed E-state index contributed by atoms with van der Waals surface area (Å²) < 4.78 is 27.5. The number of carboxylic acid groups (broad SMARTS) is 1. The van der Waals surface area contributed by atoms with Crippen LogP contribution in [0, 0.1) is 17.8 Å². The summed E-state index contributed by atoms with van der Waals surface area (Å²) in [5.41, 5.74) is 0. The van der Waals surface area contributed by atoms with E-state index in [1.807, 2.05) is 0 Å². The second-order valence-electron chi connectivity index (χ2n) is 5.56. The summed E-state index contributed by atoms with van der Waals surface area (Å²) >= 11 is 4.02. The van der Waals surface area contributed by atoms with Gasteiger partial charge < -0.3 is 5.11 Å². The first kappa shape index (κ1) is 18.6. The standard InChI is InChI=1S/C13H20BrNO4S2/c1-7(2)9(8(3)4)6-15-21(18,19)11-5-10(13(16)17)20-12(11)14/h5,7-9,15H,6H2,1-4H3,(H,16,17). The Labute approximate surface area is 137 Å². The fraction of sp³-hybridized carbons (Fsp3) is 0.615. The second-order valence-corrected chi connectivity index (χ2v) is 9.66. The van der Waals surface area contributed by atoms with Gasteiger partial charge in [-0.15, -0.1) is 11.3 Å². The lowest BCUT2D eigenvalue weighted by molar-refractivity contribution is 0.0702. The summed E-state index contributed by atoms with van der Waals surface area (Å²) in [6.07, 6.45) is 0. The van der Waals surface area contributed by atoms with Crippen LogP contribution in [0.2, 0.25) is 0 Å². The zero-order valence-electron chi connectivity index (χ0n) is 12.4. The highest BCUT2D eigenvalue weighted by molar-refractivity contribution is 9.11. The van der Waals surface area contributed by atoms with Gasteiger partial charge in [-0.25, -0.2) is 17.9 Å². The number of sulfonamides is 1. The van der Waals surface area contributed by atoms with Gasteiger partial charge in [0, 0.05) is 6.54 Å². The van der Waals surface area contributed by atoms with Gasteiger partial charge in [-0.05, 0) is 39.8 Å². The number of hydrogen-bond acceptors (Lipinski definition) is 4. The average molecular weight is 398 g/mol. The topological polar surface area (TPSA) is 83.5 Å². The first-order chi connectivity index (χ1) is 9.56. The molecule has 0 bridgehead atoms. The highest BCUT2D eigenvalue weighted by Crippen LogP contribution is 2.32. The van der Waals surface area contributed by atoms with E-state index in [9.17, 15) is 13.2 Å². The molecule has 0 atom stereocenters. The highest BCUT2D eigenvalue weighted by Gasteiger charge is 2.25. The van der Waals surface area contributed by atoms with E-state index in [-0.39, 0.29) is 15.7 Å². The van der Waals surface area contributed by atoms with Crippen LogP contribution in [-0.4, -0.2) is 26.0 Å². The molecule has 1 aromatic heterocycles. The van der Waals surface area contributed by atoms with Crippen molar-refractivity contribution in [3.63, 3.8) is 0 Å². The maximum atomic E-state index is 12.3. The first-order valence-electron chi connectivity index (χ1n) is 6.58. The molecule has 0 saturated carbocycles. The molecule has 21 heavy (non-hydrogen) atoms. The third-order valence-electron chi connectivity index (χ3n) is 3.38. The van der Waals surface area contributed by atoms with Gasteiger partial charge in [0.25, 0.3) is 0 Å². The highest BCUT2D eigenvalue weighted by atomic mass is 79.9. The van der Waals surface area contributed by atoms with Crippen LogP contribution in [0.5, 0.6) is 0 Å². The summed E-state index contributed by atoms with van der Waals surface area (Å²) in [7, 11) is -3.72. The predicted octanol–water partition coefficient (Wildman–Crippen LogP) is 3.42. The molecule has 5 nitrogen and oxygen atoms in total. The lowest BCUT2D eigenvalue weighted by Crippen LogP contribution is -2.33. The van der Waals surface area contributed by atoms with Crippen molar-refractivity contribution in [2.45, 2.75) is 32.6 Å². The lowest BCUT2D eigenvalue weighted by atomic mass is 9.86. The summed E-state index contributed by atoms with van der Waals surface area (Å²) in [5.74, 6) is -0.207. The van der Waals surface area contributed by atoms with Crippen molar-refractivity contribution in [3.05, 3.63) is 14.7 Å². The summed E-state index contributed by atoms with van der Waals surface area (Å²) in [4.78, 5) is 10.9. The zero-order chi connectivity index (χ0) is 16.4. The van der Waals surface area contributed by atoms with E-state index < -0.39 is 16.0 Å². The van der Waals surface area contributed by atoms with Crippen LogP contribution >= 0.6 is 27.3 Å². The smallest absolute Gasteiger partial charge is 0.345 e. The van der Waals surface area contributed by atoms with Crippen molar-refractivity contribution in [1.82, 2.24) is 4.72 Å². The minimum Gasteiger partial charge on any atom is -0.477 e. The van der Waals surface area contributed by atoms with Crippen molar-refractivity contribution in [2.24, 2.45) is 17.8 Å². The second kappa shape index (κ2) is 7.21. The van der Waals surface area contributed by atoms with E-state index >= 15 is 0 Å². The maximum Gasteiger partial charge on any atom is 0.345 e. The molecule has 0 aliphatic heterocycles. The Hall–Kier alpha value is -0.440. The van der Waals surface area contributed by atoms with E-state index in [1.165, 1.54) is 6.07 Å². The summed E-state index contributed by atoms with van der Waals surface area (Å²) in [6.45, 7) is 8.57. The molecule has 1 heterocycles. The number of thiophene rings is 1. The Morgan fingerprint density at radius 2 is 1.86 bits per heavy atom. The molecule has 0 unspecified atom stereocenters. The van der Waals surface area contributed by atoms with Crippen LogP contribution in [0.3, 0.4) is 0 Å². The van der Waals surface area contributed by atoms with Gasteiger partial charge in [-0.2, -0.15) is 0 Å². The fourth-order valence-corrected chi connectivity index (χ4v) is 5.64. The van der Waals surface area contributed by atoms with Crippen LogP contribution in [0.15, 0.2) is 14.7 Å². The summed E-state index contributed by atoms with van der Waals surface area (Å²) in [5, 5.41) is 8.93. The van der Waals surface area contributed by atoms with Gasteiger partial charge in [-0.1, -0.05) is 27.7 Å². The molecule has 0 radical (unpaired) electrons. The SMILES string of the molecule is CC(C)C(CNS(=O)(=O)c1cc(C(=O)O)sc1Br)C(C)C. The monoisotopic (exact) mass is 397 g/mol. The van der Waals surface area contributed by atoms with Crippen LogP contribution < -0.4 is 4.72 Å². The minimum atomic E-state index is -3.72. The molecular weight excluding hydrogens is 378 g/mol. The third kappa shape index (κ3) is 4.77. The number of carboxylic acids is 1. The van der Waals surface area contributed by atoms with E-state index in [1.54, 1.807) is 0 Å². The molecule has 0 aliphatic carbocycles. The van der Waals surface area contributed by atoms with Gasteiger partial charge in [0.1, 0.15) is 9.77 Å². The van der Waals surface area contributed by atoms with Crippen molar-refractivity contribution in [3.8, 4) is 0 Å². The summed E-state index contributed by atoms with van der Waals surface area (Å²) in [6, 6.07) is 1.18. The van der Waals surface area contributed by atoms with Gasteiger partial charge >= 0.3 is 5.97 Å². The Balaban J connectivity index is 2.94. The number of carbonyl (C=O) groups is 1. The van der Waals surface area contributed by atoms with E-state index in [0.29, 0.717) is 22.2 Å². The van der Waals surface area contributed by atoms with Crippen LogP contribution in [0.25, 0.3) is 0 Å². The minimum absolute atomic E-state index is 0.00785. The molecule has 0 aliphatic rings. The molecule has 1 aromatic rings. The Morgan fingerprint density at radius 1 is 1.33 bits per heavy atom. The van der Waals surface area contributed by atoms with Crippen LogP contribution in [0.4, 0.5) is 0 Å². The fourth-order valence-electron chi connectivity index (χ4n) is 2.17. The van der Waals surface area contributed by atoms with Crippen molar-refractivity contribution in [1.29, 1.82) is 0 Å². The Morgan fingerprint density at radius 3 is 2.24 bits per heavy atom. The zero-order valence-corrected chi connectivity index (χ0v) is 15.6. The third-order valence-corrected chi connectivity index (χ3v) is 7.04. The molecule has 2 N–H and O–H groups in total. The van der Waals surface area contributed by atoms with Crippen LogP contribution in [-0.2, 0) is 10.0 Å². The van der Waals surface area contributed by atoms with Crippen LogP contribution in [0.1, 0.15) is 37.4 Å². The van der Waals surface area contributed by atoms with E-state index in [0.717, 1.165) is 11.3 Å². The van der Waals surface area contributed by atoms with Crippen molar-refractivity contribution >= 4 is 43.3 Å². The number of aromatic carboxylic acids is 1. The lowest BCUT2D eigenvalue weighted by Gasteiger charge is -2.24. The Kier molecular flexibility index (Phi) is 6.39. The molecule has 8 heteroatoms. The van der Waals surface area contributed by atoms with Crippen molar-refractivity contribution < 1.29 is 18.3 Å². The Bertz CT molecular complexity index is 600. The van der Waals surface area contributed by atoms with Gasteiger partial charge in [0.2, 0.25) is 10.0 Å². The van der Waals surface area contributed by atoms with Crippen molar-refractivity contribution in [2.75, 3.05) is 6.54 Å². The molecule has 0 fully saturated rings. The molecule has 0 aromatic carbocycles. The molecule has 0 saturated heterocycles. The number of halogens is 1. The number of hydrogen-bond donors (Lipinski definition) is 2.